The van der Waals surface area contributed by atoms with Crippen LogP contribution in [0.15, 0.2) is 22.7 Å². The van der Waals surface area contributed by atoms with Crippen molar-refractivity contribution in [3.8, 4) is 5.75 Å². The number of carbonyl (C=O) groups excluding carboxylic acids is 1. The smallest absolute Gasteiger partial charge is 0.303 e. The summed E-state index contributed by atoms with van der Waals surface area (Å²) in [6, 6.07) is 5.41. The average Bonchev–Trinajstić information content (AvgIpc) is 2.39. The second kappa shape index (κ2) is 8.02. The lowest BCUT2D eigenvalue weighted by atomic mass is 10.2. The highest BCUT2D eigenvalue weighted by Gasteiger charge is 2.18. The Morgan fingerprint density at radius 2 is 2.05 bits per heavy atom. The van der Waals surface area contributed by atoms with Crippen molar-refractivity contribution in [3.63, 3.8) is 0 Å². The molecule has 0 saturated heterocycles. The summed E-state index contributed by atoms with van der Waals surface area (Å²) in [4.78, 5) is 22.5. The van der Waals surface area contributed by atoms with Crippen molar-refractivity contribution in [3.05, 3.63) is 28.2 Å². The second-order valence-corrected chi connectivity index (χ2v) is 5.89. The van der Waals surface area contributed by atoms with E-state index in [9.17, 15) is 9.59 Å². The Bertz CT molecular complexity index is 518. The molecule has 0 aromatic heterocycles. The lowest BCUT2D eigenvalue weighted by Gasteiger charge is -2.19. The molecule has 21 heavy (non-hydrogen) atoms. The summed E-state index contributed by atoms with van der Waals surface area (Å²) in [5.41, 5.74) is 1.09. The van der Waals surface area contributed by atoms with Gasteiger partial charge in [-0.1, -0.05) is 6.07 Å². The fourth-order valence-electron chi connectivity index (χ4n) is 1.72. The Morgan fingerprint density at radius 1 is 1.38 bits per heavy atom. The van der Waals surface area contributed by atoms with Crippen molar-refractivity contribution in [2.75, 3.05) is 0 Å². The third kappa shape index (κ3) is 6.16. The molecule has 1 aromatic carbocycles. The van der Waals surface area contributed by atoms with E-state index in [2.05, 4.69) is 21.2 Å². The molecule has 0 radical (unpaired) electrons. The van der Waals surface area contributed by atoms with Gasteiger partial charge in [-0.2, -0.15) is 0 Å². The molecule has 116 valence electrons. The number of carboxylic acids is 1. The summed E-state index contributed by atoms with van der Waals surface area (Å²) in [7, 11) is 0. The van der Waals surface area contributed by atoms with Crippen molar-refractivity contribution in [1.82, 2.24) is 5.32 Å². The van der Waals surface area contributed by atoms with Gasteiger partial charge in [0.15, 0.2) is 6.10 Å². The summed E-state index contributed by atoms with van der Waals surface area (Å²) < 4.78 is 6.41. The minimum absolute atomic E-state index is 0.0280. The molecule has 6 heteroatoms. The number of hydrogen-bond donors (Lipinski definition) is 2. The fourth-order valence-corrected chi connectivity index (χ4v) is 2.30. The number of aryl methyl sites for hydroxylation is 1. The Morgan fingerprint density at radius 3 is 2.62 bits per heavy atom. The van der Waals surface area contributed by atoms with E-state index in [1.54, 1.807) is 19.9 Å². The Labute approximate surface area is 132 Å². The molecule has 1 rings (SSSR count). The lowest BCUT2D eigenvalue weighted by molar-refractivity contribution is -0.137. The first-order chi connectivity index (χ1) is 9.79. The van der Waals surface area contributed by atoms with Gasteiger partial charge < -0.3 is 15.2 Å². The minimum atomic E-state index is -0.871. The molecule has 0 bridgehead atoms. The molecule has 1 amide bonds. The average molecular weight is 358 g/mol. The van der Waals surface area contributed by atoms with Gasteiger partial charge in [-0.05, 0) is 60.8 Å². The third-order valence-electron chi connectivity index (χ3n) is 2.94. The maximum atomic E-state index is 12.0. The highest BCUT2D eigenvalue weighted by atomic mass is 79.9. The quantitative estimate of drug-likeness (QED) is 0.786. The second-order valence-electron chi connectivity index (χ2n) is 5.04. The van der Waals surface area contributed by atoms with E-state index in [1.807, 2.05) is 19.1 Å². The van der Waals surface area contributed by atoms with Crippen molar-refractivity contribution in [2.45, 2.75) is 45.8 Å². The molecular formula is C15H20BrNO4. The number of nitrogens with one attached hydrogen (secondary N) is 1. The van der Waals surface area contributed by atoms with E-state index in [0.29, 0.717) is 12.2 Å². The van der Waals surface area contributed by atoms with E-state index in [0.717, 1.165) is 10.0 Å². The number of ether oxygens (including phenoxy) is 1. The lowest BCUT2D eigenvalue weighted by Crippen LogP contribution is -2.41. The predicted molar refractivity (Wildman–Crippen MR) is 83.4 cm³/mol. The van der Waals surface area contributed by atoms with Gasteiger partial charge in [0.05, 0.1) is 4.47 Å². The largest absolute Gasteiger partial charge is 0.481 e. The van der Waals surface area contributed by atoms with Gasteiger partial charge in [-0.25, -0.2) is 0 Å². The van der Waals surface area contributed by atoms with Crippen molar-refractivity contribution in [2.24, 2.45) is 0 Å². The first kappa shape index (κ1) is 17.5. The predicted octanol–water partition coefficient (Wildman–Crippen LogP) is 2.89. The Kier molecular flexibility index (Phi) is 6.68. The number of halogens is 1. The molecule has 5 nitrogen and oxygen atoms in total. The number of aliphatic carboxylic acids is 1. The minimum Gasteiger partial charge on any atom is -0.481 e. The zero-order valence-corrected chi connectivity index (χ0v) is 13.9. The van der Waals surface area contributed by atoms with Gasteiger partial charge in [0.2, 0.25) is 0 Å². The van der Waals surface area contributed by atoms with Crippen LogP contribution in [0.1, 0.15) is 32.3 Å². The number of amides is 1. The molecule has 0 aliphatic heterocycles. The molecule has 2 atom stereocenters. The summed E-state index contributed by atoms with van der Waals surface area (Å²) in [6.07, 6.45) is -0.237. The number of benzene rings is 1. The number of hydrogen-bond acceptors (Lipinski definition) is 3. The van der Waals surface area contributed by atoms with Crippen LogP contribution in [0.2, 0.25) is 0 Å². The molecule has 1 aromatic rings. The molecular weight excluding hydrogens is 338 g/mol. The molecule has 0 saturated carbocycles. The summed E-state index contributed by atoms with van der Waals surface area (Å²) >= 11 is 3.39. The van der Waals surface area contributed by atoms with E-state index in [1.165, 1.54) is 0 Å². The zero-order valence-electron chi connectivity index (χ0n) is 12.4. The fraction of sp³-hybridized carbons (Fsp3) is 0.467. The van der Waals surface area contributed by atoms with Gasteiger partial charge >= 0.3 is 5.97 Å². The van der Waals surface area contributed by atoms with Crippen LogP contribution in [0.5, 0.6) is 5.75 Å². The van der Waals surface area contributed by atoms with Gasteiger partial charge in [0.25, 0.3) is 5.91 Å². The van der Waals surface area contributed by atoms with Crippen LogP contribution >= 0.6 is 15.9 Å². The Hall–Kier alpha value is -1.56. The SMILES string of the molecule is Cc1ccc(OC(C)C(=O)NC(C)CCC(=O)O)c(Br)c1. The molecule has 0 fully saturated rings. The molecule has 0 aliphatic carbocycles. The highest BCUT2D eigenvalue weighted by Crippen LogP contribution is 2.26. The van der Waals surface area contributed by atoms with Crippen LogP contribution in [0, 0.1) is 6.92 Å². The highest BCUT2D eigenvalue weighted by molar-refractivity contribution is 9.10. The van der Waals surface area contributed by atoms with Crippen molar-refractivity contribution >= 4 is 27.8 Å². The summed E-state index contributed by atoms with van der Waals surface area (Å²) in [5, 5.41) is 11.4. The van der Waals surface area contributed by atoms with Crippen LogP contribution in [0.3, 0.4) is 0 Å². The maximum Gasteiger partial charge on any atom is 0.303 e. The number of carboxylic acid groups (broad SMARTS) is 1. The number of carbonyl (C=O) groups is 2. The standard InChI is InChI=1S/C15H20BrNO4/c1-9-4-6-13(12(16)8-9)21-11(3)15(20)17-10(2)5-7-14(18)19/h4,6,8,10-11H,5,7H2,1-3H3,(H,17,20)(H,18,19). The van der Waals surface area contributed by atoms with Crippen LogP contribution in [-0.4, -0.2) is 29.1 Å². The molecule has 0 spiro atoms. The normalized spacial score (nSPS) is 13.3. The van der Waals surface area contributed by atoms with E-state index < -0.39 is 12.1 Å². The first-order valence-electron chi connectivity index (χ1n) is 6.74. The monoisotopic (exact) mass is 357 g/mol. The zero-order chi connectivity index (χ0) is 16.0. The first-order valence-corrected chi connectivity index (χ1v) is 7.54. The molecule has 2 unspecified atom stereocenters. The topological polar surface area (TPSA) is 75.6 Å². The van der Waals surface area contributed by atoms with Gasteiger partial charge in [0, 0.05) is 12.5 Å². The van der Waals surface area contributed by atoms with E-state index in [-0.39, 0.29) is 18.4 Å². The van der Waals surface area contributed by atoms with Gasteiger partial charge in [-0.15, -0.1) is 0 Å². The van der Waals surface area contributed by atoms with E-state index >= 15 is 0 Å². The van der Waals surface area contributed by atoms with E-state index in [4.69, 9.17) is 9.84 Å². The molecule has 0 heterocycles. The van der Waals surface area contributed by atoms with Gasteiger partial charge in [0.1, 0.15) is 5.75 Å². The molecule has 2 N–H and O–H groups in total. The molecule has 0 aliphatic rings. The van der Waals surface area contributed by atoms with Crippen molar-refractivity contribution < 1.29 is 19.4 Å². The van der Waals surface area contributed by atoms with Crippen LogP contribution < -0.4 is 10.1 Å². The Balaban J connectivity index is 2.52. The van der Waals surface area contributed by atoms with Gasteiger partial charge in [-0.3, -0.25) is 9.59 Å². The third-order valence-corrected chi connectivity index (χ3v) is 3.56. The van der Waals surface area contributed by atoms with Crippen LogP contribution in [0.25, 0.3) is 0 Å². The summed E-state index contributed by atoms with van der Waals surface area (Å²) in [6.45, 7) is 5.40. The maximum absolute atomic E-state index is 12.0. The van der Waals surface area contributed by atoms with Crippen molar-refractivity contribution in [1.29, 1.82) is 0 Å². The van der Waals surface area contributed by atoms with Crippen LogP contribution in [0.4, 0.5) is 0 Å². The number of rotatable bonds is 7. The van der Waals surface area contributed by atoms with Crippen LogP contribution in [-0.2, 0) is 9.59 Å². The summed E-state index contributed by atoms with van der Waals surface area (Å²) in [5.74, 6) is -0.536.